The Bertz CT molecular complexity index is 1190. The van der Waals surface area contributed by atoms with Gasteiger partial charge >= 0.3 is 0 Å². The summed E-state index contributed by atoms with van der Waals surface area (Å²) >= 11 is 0. The summed E-state index contributed by atoms with van der Waals surface area (Å²) in [5.41, 5.74) is 1.39. The Kier molecular flexibility index (Phi) is 11.7. The number of hydrogen-bond acceptors (Lipinski definition) is 6. The second-order valence-electron chi connectivity index (χ2n) is 10.1. The van der Waals surface area contributed by atoms with E-state index in [4.69, 9.17) is 9.47 Å². The van der Waals surface area contributed by atoms with Gasteiger partial charge in [-0.25, -0.2) is 8.42 Å². The number of rotatable bonds is 15. The minimum atomic E-state index is -3.57. The van der Waals surface area contributed by atoms with Crippen LogP contribution >= 0.6 is 0 Å². The predicted molar refractivity (Wildman–Crippen MR) is 157 cm³/mol. The average molecular weight is 574 g/mol. The second-order valence-corrected chi connectivity index (χ2v) is 12.1. The van der Waals surface area contributed by atoms with E-state index in [0.29, 0.717) is 36.6 Å². The number of nitrogens with zero attached hydrogens (tertiary/aromatic N) is 2. The quantitative estimate of drug-likeness (QED) is 0.336. The van der Waals surface area contributed by atoms with Crippen LogP contribution in [-0.4, -0.2) is 63.7 Å². The number of carbonyl (C=O) groups excluding carboxylic acids is 2. The molecule has 2 aromatic rings. The Hall–Kier alpha value is -3.27. The Morgan fingerprint density at radius 1 is 1.00 bits per heavy atom. The van der Waals surface area contributed by atoms with Gasteiger partial charge in [0.25, 0.3) is 0 Å². The Morgan fingerprint density at radius 3 is 2.17 bits per heavy atom. The maximum Gasteiger partial charge on any atom is 0.243 e. The third kappa shape index (κ3) is 8.87. The summed E-state index contributed by atoms with van der Waals surface area (Å²) in [6.45, 7) is 4.72. The highest BCUT2D eigenvalue weighted by atomic mass is 32.2. The number of carbonyl (C=O) groups is 2. The number of methoxy groups -OCH3 is 1. The zero-order chi connectivity index (χ0) is 29.1. The first-order valence-corrected chi connectivity index (χ1v) is 15.9. The van der Waals surface area contributed by atoms with Crippen molar-refractivity contribution in [3.05, 3.63) is 54.1 Å². The molecule has 220 valence electrons. The molecule has 0 saturated heterocycles. The van der Waals surface area contributed by atoms with E-state index >= 15 is 0 Å². The van der Waals surface area contributed by atoms with Crippen molar-refractivity contribution in [1.29, 1.82) is 0 Å². The molecule has 1 N–H and O–H groups in total. The molecular weight excluding hydrogens is 530 g/mol. The summed E-state index contributed by atoms with van der Waals surface area (Å²) in [5, 5.41) is 3.15. The number of nitrogens with one attached hydrogen (secondary N) is 1. The fourth-order valence-corrected chi connectivity index (χ4v) is 6.06. The molecule has 0 heterocycles. The molecule has 1 fully saturated rings. The lowest BCUT2D eigenvalue weighted by atomic mass is 10.1. The Balaban J connectivity index is 1.74. The van der Waals surface area contributed by atoms with Crippen LogP contribution in [0.25, 0.3) is 0 Å². The maximum absolute atomic E-state index is 13.6. The number of amides is 2. The van der Waals surface area contributed by atoms with E-state index in [9.17, 15) is 18.0 Å². The van der Waals surface area contributed by atoms with Gasteiger partial charge < -0.3 is 19.7 Å². The lowest BCUT2D eigenvalue weighted by Crippen LogP contribution is -2.51. The molecule has 10 heteroatoms. The van der Waals surface area contributed by atoms with Crippen molar-refractivity contribution in [3.8, 4) is 11.5 Å². The maximum atomic E-state index is 13.6. The molecule has 0 aromatic heterocycles. The van der Waals surface area contributed by atoms with E-state index in [2.05, 4.69) is 5.32 Å². The fourth-order valence-electron chi connectivity index (χ4n) is 5.09. The van der Waals surface area contributed by atoms with Gasteiger partial charge in [-0.2, -0.15) is 0 Å². The Labute approximate surface area is 238 Å². The normalized spacial score (nSPS) is 14.4. The molecular formula is C30H43N3O6S. The smallest absolute Gasteiger partial charge is 0.243 e. The van der Waals surface area contributed by atoms with Crippen LogP contribution in [0.4, 0.5) is 5.69 Å². The van der Waals surface area contributed by atoms with Crippen LogP contribution in [0, 0.1) is 0 Å². The molecule has 2 amide bonds. The van der Waals surface area contributed by atoms with Crippen molar-refractivity contribution in [3.63, 3.8) is 0 Å². The highest BCUT2D eigenvalue weighted by molar-refractivity contribution is 7.92. The molecule has 1 atom stereocenters. The third-order valence-electron chi connectivity index (χ3n) is 7.19. The molecule has 1 saturated carbocycles. The van der Waals surface area contributed by atoms with Crippen molar-refractivity contribution < 1.29 is 27.5 Å². The monoisotopic (exact) mass is 573 g/mol. The minimum absolute atomic E-state index is 0.104. The average Bonchev–Trinajstić information content (AvgIpc) is 3.44. The molecule has 1 aliphatic carbocycles. The van der Waals surface area contributed by atoms with Gasteiger partial charge in [0.15, 0.2) is 0 Å². The SMILES string of the molecule is CCOc1ccc(N(CCCC(=O)N(Cc2ccc(OC)cc2)[C@@H](CC)C(=O)NC2CCCC2)S(C)(=O)=O)cc1. The molecule has 0 bridgehead atoms. The summed E-state index contributed by atoms with van der Waals surface area (Å²) in [6, 6.07) is 13.8. The molecule has 9 nitrogen and oxygen atoms in total. The van der Waals surface area contributed by atoms with E-state index in [0.717, 1.165) is 37.5 Å². The standard InChI is InChI=1S/C30H43N3O6S/c1-5-28(30(35)31-24-10-7-8-11-24)32(22-23-13-17-26(38-3)18-14-23)29(34)12-9-21-33(40(4,36)37)25-15-19-27(20-16-25)39-6-2/h13-20,24,28H,5-12,21-22H2,1-4H3,(H,31,35)/t28-/m0/s1. The zero-order valence-corrected chi connectivity index (χ0v) is 24.9. The number of ether oxygens (including phenoxy) is 2. The van der Waals surface area contributed by atoms with Crippen LogP contribution in [0.15, 0.2) is 48.5 Å². The van der Waals surface area contributed by atoms with Crippen LogP contribution in [0.3, 0.4) is 0 Å². The molecule has 0 unspecified atom stereocenters. The van der Waals surface area contributed by atoms with E-state index in [1.807, 2.05) is 38.1 Å². The van der Waals surface area contributed by atoms with Gasteiger partial charge in [0, 0.05) is 25.6 Å². The second kappa shape index (κ2) is 14.9. The highest BCUT2D eigenvalue weighted by Gasteiger charge is 2.30. The molecule has 2 aromatic carbocycles. The lowest BCUT2D eigenvalue weighted by molar-refractivity contribution is -0.141. The molecule has 0 aliphatic heterocycles. The molecule has 1 aliphatic rings. The van der Waals surface area contributed by atoms with Crippen molar-refractivity contribution in [2.24, 2.45) is 0 Å². The van der Waals surface area contributed by atoms with Crippen LogP contribution in [0.1, 0.15) is 64.4 Å². The van der Waals surface area contributed by atoms with Crippen molar-refractivity contribution in [1.82, 2.24) is 10.2 Å². The molecule has 3 rings (SSSR count). The van der Waals surface area contributed by atoms with Gasteiger partial charge in [-0.1, -0.05) is 31.9 Å². The molecule has 0 radical (unpaired) electrons. The minimum Gasteiger partial charge on any atom is -0.497 e. The van der Waals surface area contributed by atoms with Crippen LogP contribution in [-0.2, 0) is 26.2 Å². The number of hydrogen-bond donors (Lipinski definition) is 1. The summed E-state index contributed by atoms with van der Waals surface area (Å²) in [6.07, 6.45) is 6.15. The van der Waals surface area contributed by atoms with Crippen LogP contribution in [0.5, 0.6) is 11.5 Å². The lowest BCUT2D eigenvalue weighted by Gasteiger charge is -2.32. The number of benzene rings is 2. The number of anilines is 1. The van der Waals surface area contributed by atoms with Crippen LogP contribution < -0.4 is 19.1 Å². The van der Waals surface area contributed by atoms with Crippen molar-refractivity contribution >= 4 is 27.5 Å². The highest BCUT2D eigenvalue weighted by Crippen LogP contribution is 2.24. The van der Waals surface area contributed by atoms with Crippen molar-refractivity contribution in [2.75, 3.05) is 30.8 Å². The summed E-state index contributed by atoms with van der Waals surface area (Å²) in [4.78, 5) is 28.6. The van der Waals surface area contributed by atoms with Gasteiger partial charge in [0.1, 0.15) is 17.5 Å². The van der Waals surface area contributed by atoms with Gasteiger partial charge in [-0.15, -0.1) is 0 Å². The van der Waals surface area contributed by atoms with Gasteiger partial charge in [0.05, 0.1) is 25.7 Å². The first-order chi connectivity index (χ1) is 19.2. The van der Waals surface area contributed by atoms with E-state index in [-0.39, 0.29) is 37.4 Å². The van der Waals surface area contributed by atoms with E-state index < -0.39 is 16.1 Å². The van der Waals surface area contributed by atoms with Gasteiger partial charge in [0.2, 0.25) is 21.8 Å². The largest absolute Gasteiger partial charge is 0.497 e. The zero-order valence-electron chi connectivity index (χ0n) is 24.1. The molecule has 0 spiro atoms. The fraction of sp³-hybridized carbons (Fsp3) is 0.533. The van der Waals surface area contributed by atoms with Crippen molar-refractivity contribution in [2.45, 2.75) is 77.4 Å². The van der Waals surface area contributed by atoms with E-state index in [1.54, 1.807) is 36.3 Å². The Morgan fingerprint density at radius 2 is 1.62 bits per heavy atom. The summed E-state index contributed by atoms with van der Waals surface area (Å²) < 4.78 is 37.2. The third-order valence-corrected chi connectivity index (χ3v) is 8.38. The van der Waals surface area contributed by atoms with E-state index in [1.165, 1.54) is 4.31 Å². The first kappa shape index (κ1) is 31.3. The molecule has 40 heavy (non-hydrogen) atoms. The van der Waals surface area contributed by atoms with Crippen LogP contribution in [0.2, 0.25) is 0 Å². The van der Waals surface area contributed by atoms with Gasteiger partial charge in [-0.3, -0.25) is 13.9 Å². The predicted octanol–water partition coefficient (Wildman–Crippen LogP) is 4.51. The first-order valence-electron chi connectivity index (χ1n) is 14.1. The summed E-state index contributed by atoms with van der Waals surface area (Å²) in [5.74, 6) is 1.04. The topological polar surface area (TPSA) is 105 Å². The van der Waals surface area contributed by atoms with Gasteiger partial charge in [-0.05, 0) is 74.6 Å². The number of sulfonamides is 1. The summed E-state index contributed by atoms with van der Waals surface area (Å²) in [7, 11) is -1.98.